The molecular formula is C14H23NO3S. The van der Waals surface area contributed by atoms with Crippen LogP contribution in [0.25, 0.3) is 0 Å². The van der Waals surface area contributed by atoms with Gasteiger partial charge in [0.15, 0.2) is 0 Å². The molecule has 0 saturated carbocycles. The van der Waals surface area contributed by atoms with E-state index in [9.17, 15) is 13.5 Å². The van der Waals surface area contributed by atoms with Gasteiger partial charge in [-0.1, -0.05) is 26.0 Å². The second kappa shape index (κ2) is 6.03. The molecular weight excluding hydrogens is 262 g/mol. The van der Waals surface area contributed by atoms with Crippen LogP contribution >= 0.6 is 0 Å². The molecule has 0 aromatic heterocycles. The lowest BCUT2D eigenvalue weighted by Gasteiger charge is -2.24. The van der Waals surface area contributed by atoms with E-state index in [0.29, 0.717) is 0 Å². The summed E-state index contributed by atoms with van der Waals surface area (Å²) in [6.07, 6.45) is -0.462. The van der Waals surface area contributed by atoms with Crippen molar-refractivity contribution in [3.63, 3.8) is 0 Å². The normalized spacial score (nSPS) is 15.8. The minimum atomic E-state index is -3.39. The fourth-order valence-corrected chi connectivity index (χ4v) is 3.19. The molecule has 2 unspecified atom stereocenters. The van der Waals surface area contributed by atoms with E-state index in [4.69, 9.17) is 0 Å². The molecule has 0 amide bonds. The Morgan fingerprint density at radius 2 is 1.53 bits per heavy atom. The summed E-state index contributed by atoms with van der Waals surface area (Å²) in [7, 11) is -0.369. The average Bonchev–Trinajstić information content (AvgIpc) is 2.28. The number of rotatable bonds is 5. The quantitative estimate of drug-likeness (QED) is 0.901. The van der Waals surface area contributed by atoms with Crippen LogP contribution in [0.2, 0.25) is 0 Å². The first-order valence-electron chi connectivity index (χ1n) is 6.38. The van der Waals surface area contributed by atoms with Crippen LogP contribution in [0.3, 0.4) is 0 Å². The number of nitrogens with zero attached hydrogens (tertiary/aromatic N) is 1. The van der Waals surface area contributed by atoms with Gasteiger partial charge in [0, 0.05) is 20.0 Å². The summed E-state index contributed by atoms with van der Waals surface area (Å²) < 4.78 is 25.1. The molecule has 0 aliphatic rings. The van der Waals surface area contributed by atoms with E-state index >= 15 is 0 Å². The molecule has 1 aromatic rings. The molecule has 5 heteroatoms. The second-order valence-electron chi connectivity index (χ2n) is 5.37. The molecule has 0 spiro atoms. The van der Waals surface area contributed by atoms with Crippen LogP contribution in [-0.4, -0.2) is 38.0 Å². The van der Waals surface area contributed by atoms with Crippen LogP contribution in [0.1, 0.15) is 32.3 Å². The zero-order valence-electron chi connectivity index (χ0n) is 12.2. The number of benzene rings is 1. The molecule has 108 valence electrons. The number of aliphatic hydroxyl groups is 1. The molecule has 1 rings (SSSR count). The van der Waals surface area contributed by atoms with Gasteiger partial charge in [0.05, 0.1) is 11.0 Å². The van der Waals surface area contributed by atoms with Gasteiger partial charge >= 0.3 is 0 Å². The Morgan fingerprint density at radius 3 is 1.84 bits per heavy atom. The summed E-state index contributed by atoms with van der Waals surface area (Å²) >= 11 is 0. The van der Waals surface area contributed by atoms with Crippen molar-refractivity contribution < 1.29 is 13.5 Å². The molecule has 0 saturated heterocycles. The molecule has 0 bridgehead atoms. The highest BCUT2D eigenvalue weighted by molar-refractivity contribution is 7.89. The Kier molecular flexibility index (Phi) is 5.12. The molecule has 19 heavy (non-hydrogen) atoms. The van der Waals surface area contributed by atoms with Gasteiger partial charge in [-0.05, 0) is 30.5 Å². The van der Waals surface area contributed by atoms with E-state index in [1.54, 1.807) is 31.2 Å². The number of sulfonamides is 1. The molecule has 0 heterocycles. The lowest BCUT2D eigenvalue weighted by Crippen LogP contribution is -2.23. The zero-order chi connectivity index (χ0) is 14.8. The van der Waals surface area contributed by atoms with Crippen LogP contribution in [0.15, 0.2) is 29.2 Å². The van der Waals surface area contributed by atoms with Gasteiger partial charge < -0.3 is 5.11 Å². The van der Waals surface area contributed by atoms with Crippen molar-refractivity contribution in [3.05, 3.63) is 29.8 Å². The number of hydrogen-bond acceptors (Lipinski definition) is 3. The van der Waals surface area contributed by atoms with Gasteiger partial charge in [-0.2, -0.15) is 0 Å². The summed E-state index contributed by atoms with van der Waals surface area (Å²) in [5.74, 6) is 0.299. The Bertz CT molecular complexity index is 496. The molecule has 0 radical (unpaired) electrons. The Balaban J connectivity index is 3.12. The van der Waals surface area contributed by atoms with Crippen molar-refractivity contribution in [2.75, 3.05) is 14.1 Å². The third-order valence-electron chi connectivity index (χ3n) is 3.28. The molecule has 0 fully saturated rings. The summed E-state index contributed by atoms with van der Waals surface area (Å²) in [5.41, 5.74) is 0.961. The van der Waals surface area contributed by atoms with E-state index < -0.39 is 16.1 Å². The van der Waals surface area contributed by atoms with E-state index in [2.05, 4.69) is 0 Å². The van der Waals surface area contributed by atoms with Crippen molar-refractivity contribution in [3.8, 4) is 0 Å². The Labute approximate surface area is 116 Å². The topological polar surface area (TPSA) is 57.6 Å². The minimum absolute atomic E-state index is 0.0103. The van der Waals surface area contributed by atoms with Crippen LogP contribution in [0, 0.1) is 5.92 Å². The molecule has 1 aromatic carbocycles. The summed E-state index contributed by atoms with van der Waals surface area (Å²) in [4.78, 5) is 0.273. The first kappa shape index (κ1) is 16.1. The third kappa shape index (κ3) is 3.55. The fraction of sp³-hybridized carbons (Fsp3) is 0.571. The van der Waals surface area contributed by atoms with Gasteiger partial charge in [0.2, 0.25) is 10.0 Å². The van der Waals surface area contributed by atoms with Crippen molar-refractivity contribution in [1.29, 1.82) is 0 Å². The van der Waals surface area contributed by atoms with Gasteiger partial charge in [-0.3, -0.25) is 0 Å². The van der Waals surface area contributed by atoms with Crippen LogP contribution in [0.5, 0.6) is 0 Å². The predicted octanol–water partition coefficient (Wildman–Crippen LogP) is 2.06. The molecule has 2 atom stereocenters. The van der Waals surface area contributed by atoms with E-state index in [0.717, 1.165) is 5.56 Å². The third-order valence-corrected chi connectivity index (χ3v) is 5.11. The number of hydrogen-bond donors (Lipinski definition) is 1. The Hall–Kier alpha value is -0.910. The largest absolute Gasteiger partial charge is 0.393 e. The standard InChI is InChI=1S/C14H23NO3S/c1-10(2)14(11(3)16)12-6-8-13(9-7-12)19(17,18)15(4)5/h6-11,14,16H,1-5H3. The van der Waals surface area contributed by atoms with Gasteiger partial charge in [-0.15, -0.1) is 0 Å². The molecule has 4 nitrogen and oxygen atoms in total. The summed E-state index contributed by atoms with van der Waals surface area (Å²) in [6, 6.07) is 6.77. The van der Waals surface area contributed by atoms with Gasteiger partial charge in [0.25, 0.3) is 0 Å². The van der Waals surface area contributed by atoms with E-state index in [1.165, 1.54) is 18.4 Å². The smallest absolute Gasteiger partial charge is 0.242 e. The minimum Gasteiger partial charge on any atom is -0.393 e. The highest BCUT2D eigenvalue weighted by Gasteiger charge is 2.22. The first-order valence-corrected chi connectivity index (χ1v) is 7.82. The lowest BCUT2D eigenvalue weighted by molar-refractivity contribution is 0.140. The van der Waals surface area contributed by atoms with Crippen molar-refractivity contribution in [2.45, 2.75) is 37.7 Å². The molecule has 0 aliphatic heterocycles. The van der Waals surface area contributed by atoms with Gasteiger partial charge in [0.1, 0.15) is 0 Å². The van der Waals surface area contributed by atoms with Crippen LogP contribution < -0.4 is 0 Å². The molecule has 0 aliphatic carbocycles. The second-order valence-corrected chi connectivity index (χ2v) is 7.52. The van der Waals surface area contributed by atoms with Gasteiger partial charge in [-0.25, -0.2) is 12.7 Å². The zero-order valence-corrected chi connectivity index (χ0v) is 13.0. The predicted molar refractivity (Wildman–Crippen MR) is 76.6 cm³/mol. The fourth-order valence-electron chi connectivity index (χ4n) is 2.29. The number of aliphatic hydroxyl groups excluding tert-OH is 1. The van der Waals surface area contributed by atoms with Crippen molar-refractivity contribution in [1.82, 2.24) is 4.31 Å². The van der Waals surface area contributed by atoms with Crippen LogP contribution in [-0.2, 0) is 10.0 Å². The highest BCUT2D eigenvalue weighted by Crippen LogP contribution is 2.29. The molecule has 1 N–H and O–H groups in total. The SMILES string of the molecule is CC(C)C(c1ccc(S(=O)(=O)N(C)C)cc1)C(C)O. The average molecular weight is 285 g/mol. The maximum Gasteiger partial charge on any atom is 0.242 e. The summed E-state index contributed by atoms with van der Waals surface area (Å²) in [5, 5.41) is 9.83. The highest BCUT2D eigenvalue weighted by atomic mass is 32.2. The maximum absolute atomic E-state index is 12.0. The summed E-state index contributed by atoms with van der Waals surface area (Å²) in [6.45, 7) is 5.85. The van der Waals surface area contributed by atoms with Crippen LogP contribution in [0.4, 0.5) is 0 Å². The van der Waals surface area contributed by atoms with Crippen molar-refractivity contribution >= 4 is 10.0 Å². The van der Waals surface area contributed by atoms with E-state index in [1.807, 2.05) is 13.8 Å². The first-order chi connectivity index (χ1) is 8.67. The maximum atomic E-state index is 12.0. The monoisotopic (exact) mass is 285 g/mol. The van der Waals surface area contributed by atoms with E-state index in [-0.39, 0.29) is 16.7 Å². The van der Waals surface area contributed by atoms with Crippen molar-refractivity contribution in [2.24, 2.45) is 5.92 Å². The Morgan fingerprint density at radius 1 is 1.05 bits per heavy atom. The lowest BCUT2D eigenvalue weighted by atomic mass is 9.85.